The van der Waals surface area contributed by atoms with E-state index in [4.69, 9.17) is 0 Å². The van der Waals surface area contributed by atoms with E-state index in [1.165, 1.54) is 0 Å². The Balaban J connectivity index is 1.79. The minimum Gasteiger partial charge on any atom is -0.337 e. The summed E-state index contributed by atoms with van der Waals surface area (Å²) in [6.45, 7) is 8.14. The lowest BCUT2D eigenvalue weighted by Crippen LogP contribution is -2.01. The summed E-state index contributed by atoms with van der Waals surface area (Å²) < 4.78 is 2.10. The number of nitrogens with zero attached hydrogens (tertiary/aromatic N) is 4. The SMILES string of the molecule is Cc1ccc(-n2c(C)cc(C=C(C#N)c3nc4ccc(C)cc4[nH]3)c2C)nc1. The van der Waals surface area contributed by atoms with Crippen LogP contribution in [0.4, 0.5) is 0 Å². The Kier molecular flexibility index (Phi) is 4.32. The van der Waals surface area contributed by atoms with Crippen molar-refractivity contribution >= 4 is 22.7 Å². The van der Waals surface area contributed by atoms with Gasteiger partial charge in [0.1, 0.15) is 17.7 Å². The highest BCUT2D eigenvalue weighted by Crippen LogP contribution is 2.25. The van der Waals surface area contributed by atoms with E-state index in [1.807, 2.05) is 70.3 Å². The number of H-pyrrole nitrogens is 1. The van der Waals surface area contributed by atoms with Crippen LogP contribution in [0.15, 0.2) is 42.6 Å². The number of fused-ring (bicyclic) bond motifs is 1. The van der Waals surface area contributed by atoms with E-state index in [1.54, 1.807) is 0 Å². The molecule has 0 amide bonds. The number of aryl methyl sites for hydroxylation is 3. The smallest absolute Gasteiger partial charge is 0.149 e. The van der Waals surface area contributed by atoms with E-state index < -0.39 is 0 Å². The van der Waals surface area contributed by atoms with E-state index in [-0.39, 0.29) is 0 Å². The van der Waals surface area contributed by atoms with Gasteiger partial charge in [0.25, 0.3) is 0 Å². The molecule has 0 aliphatic heterocycles. The zero-order valence-electron chi connectivity index (χ0n) is 16.4. The summed E-state index contributed by atoms with van der Waals surface area (Å²) in [5, 5.41) is 9.74. The number of nitriles is 1. The van der Waals surface area contributed by atoms with Crippen molar-refractivity contribution in [1.82, 2.24) is 19.5 Å². The fourth-order valence-corrected chi connectivity index (χ4v) is 3.44. The van der Waals surface area contributed by atoms with Gasteiger partial charge in [-0.1, -0.05) is 12.1 Å². The number of rotatable bonds is 3. The van der Waals surface area contributed by atoms with Crippen LogP contribution in [0, 0.1) is 39.0 Å². The van der Waals surface area contributed by atoms with Crippen LogP contribution in [-0.4, -0.2) is 19.5 Å². The Labute approximate surface area is 164 Å². The summed E-state index contributed by atoms with van der Waals surface area (Å²) in [5.41, 5.74) is 7.66. The van der Waals surface area contributed by atoms with E-state index in [2.05, 4.69) is 31.7 Å². The lowest BCUT2D eigenvalue weighted by Gasteiger charge is -2.08. The molecule has 28 heavy (non-hydrogen) atoms. The van der Waals surface area contributed by atoms with Gasteiger partial charge in [-0.05, 0) is 74.7 Å². The zero-order chi connectivity index (χ0) is 19.8. The van der Waals surface area contributed by atoms with Crippen molar-refractivity contribution in [2.24, 2.45) is 0 Å². The topological polar surface area (TPSA) is 70.3 Å². The lowest BCUT2D eigenvalue weighted by atomic mass is 10.1. The highest BCUT2D eigenvalue weighted by atomic mass is 15.1. The molecule has 0 aliphatic rings. The molecule has 3 heterocycles. The van der Waals surface area contributed by atoms with Gasteiger partial charge in [-0.3, -0.25) is 0 Å². The minimum absolute atomic E-state index is 0.506. The van der Waals surface area contributed by atoms with Crippen LogP contribution < -0.4 is 0 Å². The maximum absolute atomic E-state index is 9.74. The monoisotopic (exact) mass is 367 g/mol. The summed E-state index contributed by atoms with van der Waals surface area (Å²) in [7, 11) is 0. The Bertz CT molecular complexity index is 1250. The van der Waals surface area contributed by atoms with Crippen LogP contribution in [0.5, 0.6) is 0 Å². The molecule has 0 radical (unpaired) electrons. The van der Waals surface area contributed by atoms with Gasteiger partial charge in [-0.25, -0.2) is 9.97 Å². The first-order chi connectivity index (χ1) is 13.5. The molecule has 0 atom stereocenters. The first-order valence-corrected chi connectivity index (χ1v) is 9.17. The maximum atomic E-state index is 9.74. The molecule has 0 fully saturated rings. The molecule has 3 aromatic heterocycles. The van der Waals surface area contributed by atoms with Crippen molar-refractivity contribution < 1.29 is 0 Å². The molecule has 0 spiro atoms. The standard InChI is InChI=1S/C23H21N5/c1-14-5-7-20-21(9-14)27-23(26-20)19(12-24)11-18-10-16(3)28(17(18)4)22-8-6-15(2)13-25-22/h5-11,13H,1-4H3,(H,26,27). The number of imidazole rings is 1. The van der Waals surface area contributed by atoms with Gasteiger partial charge in [-0.2, -0.15) is 5.26 Å². The first kappa shape index (κ1) is 17.7. The van der Waals surface area contributed by atoms with Crippen LogP contribution >= 0.6 is 0 Å². The van der Waals surface area contributed by atoms with Crippen LogP contribution in [0.3, 0.4) is 0 Å². The van der Waals surface area contributed by atoms with Crippen molar-refractivity contribution in [3.05, 3.63) is 76.5 Å². The van der Waals surface area contributed by atoms with E-state index in [0.717, 1.165) is 44.9 Å². The second-order valence-electron chi connectivity index (χ2n) is 7.13. The molecule has 5 nitrogen and oxygen atoms in total. The fourth-order valence-electron chi connectivity index (χ4n) is 3.44. The van der Waals surface area contributed by atoms with Crippen molar-refractivity contribution in [3.63, 3.8) is 0 Å². The predicted octanol–water partition coefficient (Wildman–Crippen LogP) is 5.05. The Morgan fingerprint density at radius 3 is 2.57 bits per heavy atom. The number of hydrogen-bond acceptors (Lipinski definition) is 3. The second kappa shape index (κ2) is 6.82. The van der Waals surface area contributed by atoms with Gasteiger partial charge in [0.15, 0.2) is 0 Å². The maximum Gasteiger partial charge on any atom is 0.149 e. The minimum atomic E-state index is 0.506. The number of benzene rings is 1. The first-order valence-electron chi connectivity index (χ1n) is 9.17. The van der Waals surface area contributed by atoms with Crippen LogP contribution in [0.1, 0.15) is 33.9 Å². The number of allylic oxidation sites excluding steroid dienone is 1. The molecule has 1 N–H and O–H groups in total. The second-order valence-corrected chi connectivity index (χ2v) is 7.13. The number of aromatic amines is 1. The highest BCUT2D eigenvalue weighted by Gasteiger charge is 2.13. The lowest BCUT2D eigenvalue weighted by molar-refractivity contribution is 0.918. The number of aromatic nitrogens is 4. The van der Waals surface area contributed by atoms with E-state index in [9.17, 15) is 5.26 Å². The number of nitrogens with one attached hydrogen (secondary N) is 1. The van der Waals surface area contributed by atoms with Crippen LogP contribution in [0.25, 0.3) is 28.5 Å². The third kappa shape index (κ3) is 3.10. The molecule has 1 aromatic carbocycles. The van der Waals surface area contributed by atoms with Gasteiger partial charge in [0.2, 0.25) is 0 Å². The molecule has 0 aliphatic carbocycles. The average Bonchev–Trinajstić information content (AvgIpc) is 3.20. The van der Waals surface area contributed by atoms with Crippen LogP contribution in [-0.2, 0) is 0 Å². The molecule has 0 saturated carbocycles. The van der Waals surface area contributed by atoms with Gasteiger partial charge in [0, 0.05) is 17.6 Å². The van der Waals surface area contributed by atoms with E-state index in [0.29, 0.717) is 11.4 Å². The Morgan fingerprint density at radius 1 is 1.07 bits per heavy atom. The molecule has 4 aromatic rings. The van der Waals surface area contributed by atoms with Gasteiger partial charge < -0.3 is 9.55 Å². The van der Waals surface area contributed by atoms with Crippen molar-refractivity contribution in [3.8, 4) is 11.9 Å². The third-order valence-corrected chi connectivity index (χ3v) is 4.91. The largest absolute Gasteiger partial charge is 0.337 e. The molecule has 4 rings (SSSR count). The number of hydrogen-bond donors (Lipinski definition) is 1. The zero-order valence-corrected chi connectivity index (χ0v) is 16.4. The predicted molar refractivity (Wildman–Crippen MR) is 112 cm³/mol. The summed E-state index contributed by atoms with van der Waals surface area (Å²) in [6.07, 6.45) is 3.75. The Hall–Kier alpha value is -3.65. The van der Waals surface area contributed by atoms with Gasteiger partial charge in [-0.15, -0.1) is 0 Å². The van der Waals surface area contributed by atoms with Gasteiger partial charge in [0.05, 0.1) is 16.6 Å². The fraction of sp³-hybridized carbons (Fsp3) is 0.174. The van der Waals surface area contributed by atoms with Crippen molar-refractivity contribution in [2.45, 2.75) is 27.7 Å². The quantitative estimate of drug-likeness (QED) is 0.515. The highest BCUT2D eigenvalue weighted by molar-refractivity contribution is 5.90. The number of pyridine rings is 1. The van der Waals surface area contributed by atoms with Crippen LogP contribution in [0.2, 0.25) is 0 Å². The third-order valence-electron chi connectivity index (χ3n) is 4.91. The van der Waals surface area contributed by atoms with Crippen molar-refractivity contribution in [1.29, 1.82) is 5.26 Å². The van der Waals surface area contributed by atoms with E-state index >= 15 is 0 Å². The molecular weight excluding hydrogens is 346 g/mol. The molecule has 5 heteroatoms. The Morgan fingerprint density at radius 2 is 1.86 bits per heavy atom. The summed E-state index contributed by atoms with van der Waals surface area (Å²) in [5.74, 6) is 1.46. The molecule has 138 valence electrons. The summed E-state index contributed by atoms with van der Waals surface area (Å²) in [4.78, 5) is 12.4. The molecular formula is C23H21N5. The molecule has 0 unspecified atom stereocenters. The molecule has 0 saturated heterocycles. The summed E-state index contributed by atoms with van der Waals surface area (Å²) in [6, 6.07) is 14.4. The summed E-state index contributed by atoms with van der Waals surface area (Å²) >= 11 is 0. The average molecular weight is 367 g/mol. The van der Waals surface area contributed by atoms with Crippen molar-refractivity contribution in [2.75, 3.05) is 0 Å². The molecule has 0 bridgehead atoms. The van der Waals surface area contributed by atoms with Gasteiger partial charge >= 0.3 is 0 Å². The normalized spacial score (nSPS) is 11.8.